The zero-order valence-corrected chi connectivity index (χ0v) is 11.9. The van der Waals surface area contributed by atoms with Gasteiger partial charge in [-0.15, -0.1) is 13.2 Å². The largest absolute Gasteiger partial charge is 0.573 e. The highest BCUT2D eigenvalue weighted by molar-refractivity contribution is 5.62. The van der Waals surface area contributed by atoms with Crippen LogP contribution in [0.15, 0.2) is 18.2 Å². The second-order valence-corrected chi connectivity index (χ2v) is 4.75. The maximum atomic E-state index is 13.7. The molecule has 1 saturated heterocycles. The van der Waals surface area contributed by atoms with Gasteiger partial charge in [0.25, 0.3) is 5.97 Å². The van der Waals surface area contributed by atoms with Crippen LogP contribution in [-0.4, -0.2) is 24.0 Å². The fourth-order valence-corrected chi connectivity index (χ4v) is 2.10. The van der Waals surface area contributed by atoms with Crippen molar-refractivity contribution in [1.82, 2.24) is 5.32 Å². The van der Waals surface area contributed by atoms with Crippen LogP contribution in [0.3, 0.4) is 0 Å². The maximum absolute atomic E-state index is 13.7. The summed E-state index contributed by atoms with van der Waals surface area (Å²) in [5.74, 6) is -2.03. The predicted octanol–water partition coefficient (Wildman–Crippen LogP) is 3.63. The quantitative estimate of drug-likeness (QED) is 0.816. The Morgan fingerprint density at radius 1 is 1.36 bits per heavy atom. The van der Waals surface area contributed by atoms with Gasteiger partial charge in [-0.3, -0.25) is 4.79 Å². The number of hydrogen-bond acceptors (Lipinski definition) is 3. The van der Waals surface area contributed by atoms with Crippen LogP contribution in [0.4, 0.5) is 17.6 Å². The number of rotatable bonds is 2. The number of piperidine rings is 1. The van der Waals surface area contributed by atoms with Crippen LogP contribution in [-0.2, 0) is 4.79 Å². The van der Waals surface area contributed by atoms with Crippen LogP contribution < -0.4 is 10.1 Å². The molecular weight excluding hydrogens is 306 g/mol. The van der Waals surface area contributed by atoms with E-state index in [0.717, 1.165) is 44.9 Å². The van der Waals surface area contributed by atoms with E-state index in [1.165, 1.54) is 6.07 Å². The van der Waals surface area contributed by atoms with E-state index in [9.17, 15) is 17.6 Å². The van der Waals surface area contributed by atoms with Gasteiger partial charge in [0.15, 0.2) is 0 Å². The zero-order chi connectivity index (χ0) is 16.8. The Labute approximate surface area is 125 Å². The maximum Gasteiger partial charge on any atom is 0.573 e. The molecule has 1 aromatic rings. The van der Waals surface area contributed by atoms with Crippen LogP contribution in [0.2, 0.25) is 0 Å². The Balaban J connectivity index is 0.000000541. The van der Waals surface area contributed by atoms with Gasteiger partial charge in [0.1, 0.15) is 11.6 Å². The third kappa shape index (κ3) is 6.75. The van der Waals surface area contributed by atoms with Gasteiger partial charge in [0, 0.05) is 24.6 Å². The van der Waals surface area contributed by atoms with Crippen LogP contribution in [0.5, 0.6) is 5.75 Å². The molecule has 0 saturated carbocycles. The monoisotopic (exact) mass is 323 g/mol. The highest BCUT2D eigenvalue weighted by atomic mass is 19.4. The Hall–Kier alpha value is -1.83. The molecule has 1 heterocycles. The molecule has 0 aromatic heterocycles. The highest BCUT2D eigenvalue weighted by Gasteiger charge is 2.31. The summed E-state index contributed by atoms with van der Waals surface area (Å²) < 4.78 is 53.3. The van der Waals surface area contributed by atoms with Gasteiger partial charge in [-0.25, -0.2) is 4.39 Å². The van der Waals surface area contributed by atoms with Gasteiger partial charge in [-0.2, -0.15) is 0 Å². The second-order valence-electron chi connectivity index (χ2n) is 4.75. The third-order valence-corrected chi connectivity index (χ3v) is 2.89. The molecule has 1 unspecified atom stereocenters. The van der Waals surface area contributed by atoms with E-state index in [0.29, 0.717) is 5.56 Å². The molecule has 124 valence electrons. The van der Waals surface area contributed by atoms with Crippen LogP contribution in [0.1, 0.15) is 37.8 Å². The molecule has 2 rings (SSSR count). The Morgan fingerprint density at radius 2 is 2.00 bits per heavy atom. The molecule has 1 aliphatic rings. The topological polar surface area (TPSA) is 58.6 Å². The van der Waals surface area contributed by atoms with Crippen molar-refractivity contribution in [1.29, 1.82) is 0 Å². The van der Waals surface area contributed by atoms with Crippen molar-refractivity contribution in [3.05, 3.63) is 29.6 Å². The molecule has 0 aliphatic carbocycles. The van der Waals surface area contributed by atoms with E-state index < -0.39 is 23.9 Å². The van der Waals surface area contributed by atoms with Crippen LogP contribution in [0, 0.1) is 5.82 Å². The van der Waals surface area contributed by atoms with Gasteiger partial charge in [-0.05, 0) is 25.5 Å². The van der Waals surface area contributed by atoms with Gasteiger partial charge in [0.2, 0.25) is 0 Å². The average molecular weight is 323 g/mol. The third-order valence-electron chi connectivity index (χ3n) is 2.89. The molecule has 0 bridgehead atoms. The number of aliphatic carboxylic acids is 1. The lowest BCUT2D eigenvalue weighted by atomic mass is 9.97. The number of hydrogen-bond donors (Lipinski definition) is 2. The van der Waals surface area contributed by atoms with E-state index in [2.05, 4.69) is 10.1 Å². The number of halogens is 4. The molecule has 8 heteroatoms. The smallest absolute Gasteiger partial charge is 0.481 e. The lowest BCUT2D eigenvalue weighted by molar-refractivity contribution is -0.274. The molecule has 1 atom stereocenters. The first-order valence-electron chi connectivity index (χ1n) is 6.67. The van der Waals surface area contributed by atoms with E-state index >= 15 is 0 Å². The number of ether oxygens (including phenoxy) is 1. The van der Waals surface area contributed by atoms with Crippen molar-refractivity contribution in [2.45, 2.75) is 38.6 Å². The van der Waals surface area contributed by atoms with Crippen LogP contribution in [0.25, 0.3) is 0 Å². The number of benzene rings is 1. The lowest BCUT2D eigenvalue weighted by Gasteiger charge is -2.24. The zero-order valence-electron chi connectivity index (χ0n) is 11.9. The fourth-order valence-electron chi connectivity index (χ4n) is 2.10. The first-order valence-corrected chi connectivity index (χ1v) is 6.67. The molecule has 0 spiro atoms. The summed E-state index contributed by atoms with van der Waals surface area (Å²) in [6.07, 6.45) is -1.99. The molecule has 1 fully saturated rings. The Morgan fingerprint density at radius 3 is 2.45 bits per heavy atom. The minimum absolute atomic E-state index is 0.126. The van der Waals surface area contributed by atoms with Crippen molar-refractivity contribution < 1.29 is 32.2 Å². The van der Waals surface area contributed by atoms with Crippen molar-refractivity contribution >= 4 is 5.97 Å². The predicted molar refractivity (Wildman–Crippen MR) is 71.0 cm³/mol. The molecule has 1 aliphatic heterocycles. The van der Waals surface area contributed by atoms with Gasteiger partial charge in [-0.1, -0.05) is 12.5 Å². The molecule has 1 aromatic carbocycles. The van der Waals surface area contributed by atoms with Gasteiger partial charge in [0.05, 0.1) is 0 Å². The van der Waals surface area contributed by atoms with Crippen molar-refractivity contribution in [3.8, 4) is 5.75 Å². The highest BCUT2D eigenvalue weighted by Crippen LogP contribution is 2.29. The Bertz CT molecular complexity index is 495. The van der Waals surface area contributed by atoms with Crippen molar-refractivity contribution in [2.24, 2.45) is 0 Å². The SMILES string of the molecule is CC(=O)O.Fc1cc(OC(F)(F)F)ccc1C1CCCCN1. The normalized spacial score (nSPS) is 18.1. The van der Waals surface area contributed by atoms with Gasteiger partial charge < -0.3 is 15.2 Å². The first-order chi connectivity index (χ1) is 10.2. The molecule has 0 radical (unpaired) electrons. The van der Waals surface area contributed by atoms with Crippen molar-refractivity contribution in [3.63, 3.8) is 0 Å². The number of carboxylic acid groups (broad SMARTS) is 1. The van der Waals surface area contributed by atoms with Crippen LogP contribution >= 0.6 is 0 Å². The number of carbonyl (C=O) groups is 1. The number of alkyl halides is 3. The molecule has 0 amide bonds. The number of nitrogens with one attached hydrogen (secondary N) is 1. The summed E-state index contributed by atoms with van der Waals surface area (Å²) in [6, 6.07) is 3.14. The standard InChI is InChI=1S/C12H13F4NO.C2H4O2/c13-10-7-8(18-12(14,15)16)4-5-9(10)11-3-1-2-6-17-11;1-2(3)4/h4-5,7,11,17H,1-3,6H2;1H3,(H,3,4). The molecule has 4 nitrogen and oxygen atoms in total. The number of carboxylic acids is 1. The summed E-state index contributed by atoms with van der Waals surface area (Å²) in [6.45, 7) is 1.88. The first kappa shape index (κ1) is 18.2. The molecule has 22 heavy (non-hydrogen) atoms. The summed E-state index contributed by atoms with van der Waals surface area (Å²) in [5.41, 5.74) is 0.393. The van der Waals surface area contributed by atoms with E-state index in [1.54, 1.807) is 0 Å². The van der Waals surface area contributed by atoms with Gasteiger partial charge >= 0.3 is 6.36 Å². The minimum Gasteiger partial charge on any atom is -0.481 e. The molecular formula is C14H17F4NO3. The summed E-state index contributed by atoms with van der Waals surface area (Å²) in [4.78, 5) is 9.00. The lowest BCUT2D eigenvalue weighted by Crippen LogP contribution is -2.27. The average Bonchev–Trinajstić information content (AvgIpc) is 2.37. The van der Waals surface area contributed by atoms with E-state index in [-0.39, 0.29) is 6.04 Å². The minimum atomic E-state index is -4.79. The Kier molecular flexibility index (Phi) is 6.61. The van der Waals surface area contributed by atoms with Crippen molar-refractivity contribution in [2.75, 3.05) is 6.54 Å². The summed E-state index contributed by atoms with van der Waals surface area (Å²) >= 11 is 0. The molecule has 2 N–H and O–H groups in total. The second kappa shape index (κ2) is 7.98. The van der Waals surface area contributed by atoms with E-state index in [1.807, 2.05) is 0 Å². The summed E-state index contributed by atoms with van der Waals surface area (Å²) in [5, 5.41) is 10.6. The van der Waals surface area contributed by atoms with E-state index in [4.69, 9.17) is 9.90 Å². The summed E-state index contributed by atoms with van der Waals surface area (Å²) in [7, 11) is 0. The fraction of sp³-hybridized carbons (Fsp3) is 0.500.